The van der Waals surface area contributed by atoms with Crippen molar-refractivity contribution >= 4 is 22.5 Å². The van der Waals surface area contributed by atoms with Gasteiger partial charge in [0, 0.05) is 16.0 Å². The van der Waals surface area contributed by atoms with Gasteiger partial charge in [0.15, 0.2) is 0 Å². The topological polar surface area (TPSA) is 21.1 Å². The standard InChI is InChI=1S/C19H22ClN3/c1-4-22(5-2)14(3)23-18-12-11-16(20)13-17(18)19(21-23)15-9-7-6-8-10-15/h6-14H,4-5H2,1-3H3. The van der Waals surface area contributed by atoms with Gasteiger partial charge in [-0.25, -0.2) is 4.68 Å². The summed E-state index contributed by atoms with van der Waals surface area (Å²) in [6, 6.07) is 16.3. The van der Waals surface area contributed by atoms with E-state index >= 15 is 0 Å². The van der Waals surface area contributed by atoms with Crippen LogP contribution in [0.2, 0.25) is 5.02 Å². The molecular formula is C19H22ClN3. The van der Waals surface area contributed by atoms with Crippen molar-refractivity contribution in [2.24, 2.45) is 0 Å². The first kappa shape index (κ1) is 16.0. The molecule has 120 valence electrons. The third-order valence-corrected chi connectivity index (χ3v) is 4.65. The highest BCUT2D eigenvalue weighted by Gasteiger charge is 2.19. The van der Waals surface area contributed by atoms with Crippen molar-refractivity contribution in [2.75, 3.05) is 13.1 Å². The number of aromatic nitrogens is 2. The molecule has 0 saturated heterocycles. The molecule has 0 bridgehead atoms. The largest absolute Gasteiger partial charge is 0.283 e. The van der Waals surface area contributed by atoms with Crippen LogP contribution in [0.15, 0.2) is 48.5 Å². The Labute approximate surface area is 142 Å². The molecule has 4 heteroatoms. The van der Waals surface area contributed by atoms with Gasteiger partial charge in [-0.3, -0.25) is 4.90 Å². The number of halogens is 1. The number of rotatable bonds is 5. The van der Waals surface area contributed by atoms with Crippen LogP contribution in [-0.4, -0.2) is 27.8 Å². The molecule has 1 aromatic heterocycles. The molecule has 0 radical (unpaired) electrons. The van der Waals surface area contributed by atoms with E-state index < -0.39 is 0 Å². The Hall–Kier alpha value is -1.84. The van der Waals surface area contributed by atoms with Gasteiger partial charge in [0.05, 0.1) is 5.52 Å². The number of hydrogen-bond donors (Lipinski definition) is 0. The average molecular weight is 328 g/mol. The lowest BCUT2D eigenvalue weighted by atomic mass is 10.1. The van der Waals surface area contributed by atoms with Crippen LogP contribution in [0.25, 0.3) is 22.2 Å². The van der Waals surface area contributed by atoms with Gasteiger partial charge in [0.25, 0.3) is 0 Å². The zero-order valence-electron chi connectivity index (χ0n) is 13.8. The smallest absolute Gasteiger partial charge is 0.102 e. The van der Waals surface area contributed by atoms with Crippen LogP contribution in [-0.2, 0) is 0 Å². The SMILES string of the molecule is CCN(CC)C(C)n1nc(-c2ccccc2)c2cc(Cl)ccc21. The van der Waals surface area contributed by atoms with E-state index in [1.54, 1.807) is 0 Å². The monoisotopic (exact) mass is 327 g/mol. The van der Waals surface area contributed by atoms with Crippen LogP contribution in [0.1, 0.15) is 26.9 Å². The molecule has 0 spiro atoms. The van der Waals surface area contributed by atoms with Crippen LogP contribution < -0.4 is 0 Å². The van der Waals surface area contributed by atoms with Gasteiger partial charge in [-0.1, -0.05) is 55.8 Å². The predicted molar refractivity (Wildman–Crippen MR) is 97.8 cm³/mol. The van der Waals surface area contributed by atoms with Gasteiger partial charge < -0.3 is 0 Å². The van der Waals surface area contributed by atoms with Gasteiger partial charge in [-0.2, -0.15) is 5.10 Å². The fraction of sp³-hybridized carbons (Fsp3) is 0.316. The highest BCUT2D eigenvalue weighted by molar-refractivity contribution is 6.31. The van der Waals surface area contributed by atoms with Crippen LogP contribution >= 0.6 is 11.6 Å². The quantitative estimate of drug-likeness (QED) is 0.640. The summed E-state index contributed by atoms with van der Waals surface area (Å²) in [5, 5.41) is 6.77. The van der Waals surface area contributed by atoms with E-state index in [1.807, 2.05) is 30.3 Å². The molecule has 3 rings (SSSR count). The molecule has 0 fully saturated rings. The number of hydrogen-bond acceptors (Lipinski definition) is 2. The second-order valence-electron chi connectivity index (χ2n) is 5.67. The normalized spacial score (nSPS) is 12.9. The molecule has 3 aromatic rings. The third-order valence-electron chi connectivity index (χ3n) is 4.41. The van der Waals surface area contributed by atoms with E-state index in [2.05, 4.69) is 48.6 Å². The second-order valence-corrected chi connectivity index (χ2v) is 6.11. The van der Waals surface area contributed by atoms with E-state index in [4.69, 9.17) is 16.7 Å². The minimum Gasteiger partial charge on any atom is -0.283 e. The first-order valence-electron chi connectivity index (χ1n) is 8.13. The predicted octanol–water partition coefficient (Wildman–Crippen LogP) is 5.22. The molecule has 3 nitrogen and oxygen atoms in total. The Bertz CT molecular complexity index is 791. The van der Waals surface area contributed by atoms with Gasteiger partial charge in [0.1, 0.15) is 11.9 Å². The minimum absolute atomic E-state index is 0.200. The van der Waals surface area contributed by atoms with E-state index in [9.17, 15) is 0 Å². The number of nitrogens with zero attached hydrogens (tertiary/aromatic N) is 3. The summed E-state index contributed by atoms with van der Waals surface area (Å²) in [6.07, 6.45) is 0.200. The molecule has 1 atom stereocenters. The van der Waals surface area contributed by atoms with Crippen molar-refractivity contribution in [2.45, 2.75) is 26.9 Å². The summed E-state index contributed by atoms with van der Waals surface area (Å²) in [4.78, 5) is 2.38. The maximum atomic E-state index is 6.24. The van der Waals surface area contributed by atoms with Crippen LogP contribution in [0.3, 0.4) is 0 Å². The van der Waals surface area contributed by atoms with Crippen molar-refractivity contribution in [1.29, 1.82) is 0 Å². The molecule has 23 heavy (non-hydrogen) atoms. The fourth-order valence-electron chi connectivity index (χ4n) is 3.11. The van der Waals surface area contributed by atoms with Gasteiger partial charge >= 0.3 is 0 Å². The number of fused-ring (bicyclic) bond motifs is 1. The summed E-state index contributed by atoms with van der Waals surface area (Å²) in [7, 11) is 0. The minimum atomic E-state index is 0.200. The highest BCUT2D eigenvalue weighted by Crippen LogP contribution is 2.32. The molecule has 2 aromatic carbocycles. The van der Waals surface area contributed by atoms with Crippen molar-refractivity contribution in [1.82, 2.24) is 14.7 Å². The van der Waals surface area contributed by atoms with Crippen LogP contribution in [0, 0.1) is 0 Å². The lowest BCUT2D eigenvalue weighted by molar-refractivity contribution is 0.163. The molecule has 0 amide bonds. The van der Waals surface area contributed by atoms with Gasteiger partial charge in [0.2, 0.25) is 0 Å². The molecule has 0 aliphatic heterocycles. The van der Waals surface area contributed by atoms with Crippen LogP contribution in [0.4, 0.5) is 0 Å². The first-order valence-corrected chi connectivity index (χ1v) is 8.50. The maximum absolute atomic E-state index is 6.24. The third kappa shape index (κ3) is 2.99. The Morgan fingerprint density at radius 2 is 1.78 bits per heavy atom. The molecule has 0 saturated carbocycles. The zero-order valence-corrected chi connectivity index (χ0v) is 14.6. The number of benzene rings is 2. The van der Waals surface area contributed by atoms with Crippen molar-refractivity contribution < 1.29 is 0 Å². The molecule has 0 aliphatic rings. The second kappa shape index (κ2) is 6.73. The Morgan fingerprint density at radius 3 is 2.43 bits per heavy atom. The first-order chi connectivity index (χ1) is 11.2. The van der Waals surface area contributed by atoms with E-state index in [1.165, 1.54) is 0 Å². The molecule has 1 heterocycles. The van der Waals surface area contributed by atoms with Crippen molar-refractivity contribution in [3.8, 4) is 11.3 Å². The summed E-state index contributed by atoms with van der Waals surface area (Å²) < 4.78 is 2.11. The highest BCUT2D eigenvalue weighted by atomic mass is 35.5. The zero-order chi connectivity index (χ0) is 16.4. The van der Waals surface area contributed by atoms with E-state index in [-0.39, 0.29) is 6.17 Å². The lowest BCUT2D eigenvalue weighted by Gasteiger charge is -2.27. The summed E-state index contributed by atoms with van der Waals surface area (Å²) in [5.74, 6) is 0. The van der Waals surface area contributed by atoms with E-state index in [0.29, 0.717) is 0 Å². The van der Waals surface area contributed by atoms with Crippen LogP contribution in [0.5, 0.6) is 0 Å². The average Bonchev–Trinajstić information content (AvgIpc) is 2.95. The maximum Gasteiger partial charge on any atom is 0.102 e. The summed E-state index contributed by atoms with van der Waals surface area (Å²) in [6.45, 7) is 8.55. The molecular weight excluding hydrogens is 306 g/mol. The van der Waals surface area contributed by atoms with Crippen molar-refractivity contribution in [3.63, 3.8) is 0 Å². The molecule has 1 unspecified atom stereocenters. The Balaban J connectivity index is 2.20. The Morgan fingerprint density at radius 1 is 1.09 bits per heavy atom. The summed E-state index contributed by atoms with van der Waals surface area (Å²) in [5.41, 5.74) is 3.22. The Kier molecular flexibility index (Phi) is 4.69. The lowest BCUT2D eigenvalue weighted by Crippen LogP contribution is -2.31. The van der Waals surface area contributed by atoms with Gasteiger partial charge in [-0.05, 0) is 38.2 Å². The van der Waals surface area contributed by atoms with Gasteiger partial charge in [-0.15, -0.1) is 0 Å². The van der Waals surface area contributed by atoms with E-state index in [0.717, 1.165) is 40.3 Å². The molecule has 0 aliphatic carbocycles. The molecule has 0 N–H and O–H groups in total. The fourth-order valence-corrected chi connectivity index (χ4v) is 3.29. The van der Waals surface area contributed by atoms with Crippen molar-refractivity contribution in [3.05, 3.63) is 53.6 Å². The summed E-state index contributed by atoms with van der Waals surface area (Å²) >= 11 is 6.24.